The van der Waals surface area contributed by atoms with E-state index in [-0.39, 0.29) is 28.9 Å². The van der Waals surface area contributed by atoms with Gasteiger partial charge in [0.15, 0.2) is 11.3 Å². The summed E-state index contributed by atoms with van der Waals surface area (Å²) in [5.74, 6) is -2.31. The second-order valence-corrected chi connectivity index (χ2v) is 5.88. The molecule has 140 valence electrons. The number of carbonyl (C=O) groups is 2. The van der Waals surface area contributed by atoms with E-state index in [4.69, 9.17) is 13.9 Å². The number of ether oxygens (including phenoxy) is 2. The van der Waals surface area contributed by atoms with Crippen molar-refractivity contribution < 1.29 is 28.6 Å². The molecular weight excluding hydrogens is 350 g/mol. The standard InChI is InChI=1S/C20H19NO6/c1-4-26-20(24)18-16(22)15-14(19(23)25-3)11(2)21-13(17(15)27-18)10-12-8-6-5-7-9-12/h5-9,22H,4,10H2,1-3H3. The predicted molar refractivity (Wildman–Crippen MR) is 97.0 cm³/mol. The van der Waals surface area contributed by atoms with Gasteiger partial charge in [-0.25, -0.2) is 9.59 Å². The van der Waals surface area contributed by atoms with Gasteiger partial charge in [-0.3, -0.25) is 4.98 Å². The number of hydrogen-bond acceptors (Lipinski definition) is 7. The Labute approximate surface area is 155 Å². The lowest BCUT2D eigenvalue weighted by atomic mass is 10.0. The molecule has 2 heterocycles. The van der Waals surface area contributed by atoms with Crippen molar-refractivity contribution in [3.8, 4) is 5.75 Å². The van der Waals surface area contributed by atoms with Crippen LogP contribution in [0.1, 0.15) is 44.8 Å². The Morgan fingerprint density at radius 1 is 1.19 bits per heavy atom. The van der Waals surface area contributed by atoms with E-state index in [1.165, 1.54) is 7.11 Å². The first-order valence-corrected chi connectivity index (χ1v) is 8.42. The number of nitrogens with zero attached hydrogens (tertiary/aromatic N) is 1. The van der Waals surface area contributed by atoms with Crippen molar-refractivity contribution in [1.29, 1.82) is 0 Å². The molecule has 1 N–H and O–H groups in total. The molecule has 0 atom stereocenters. The van der Waals surface area contributed by atoms with Crippen LogP contribution in [0.5, 0.6) is 5.75 Å². The Balaban J connectivity index is 2.26. The number of hydrogen-bond donors (Lipinski definition) is 1. The van der Waals surface area contributed by atoms with Gasteiger partial charge < -0.3 is 19.0 Å². The number of methoxy groups -OCH3 is 1. The van der Waals surface area contributed by atoms with Crippen molar-refractivity contribution >= 4 is 22.9 Å². The van der Waals surface area contributed by atoms with E-state index in [0.717, 1.165) is 5.56 Å². The molecular formula is C20H19NO6. The summed E-state index contributed by atoms with van der Waals surface area (Å²) in [7, 11) is 1.23. The summed E-state index contributed by atoms with van der Waals surface area (Å²) in [6, 6.07) is 9.53. The maximum absolute atomic E-state index is 12.2. The third-order valence-electron chi connectivity index (χ3n) is 4.12. The summed E-state index contributed by atoms with van der Waals surface area (Å²) in [5.41, 5.74) is 2.04. The average molecular weight is 369 g/mol. The first kappa shape index (κ1) is 18.4. The second kappa shape index (κ2) is 7.49. The number of rotatable bonds is 5. The number of benzene rings is 1. The van der Waals surface area contributed by atoms with E-state index < -0.39 is 17.7 Å². The van der Waals surface area contributed by atoms with Gasteiger partial charge in [-0.1, -0.05) is 30.3 Å². The monoisotopic (exact) mass is 369 g/mol. The van der Waals surface area contributed by atoms with Gasteiger partial charge in [0.25, 0.3) is 5.76 Å². The highest BCUT2D eigenvalue weighted by Crippen LogP contribution is 2.38. The lowest BCUT2D eigenvalue weighted by molar-refractivity contribution is 0.0487. The third kappa shape index (κ3) is 3.36. The molecule has 0 fully saturated rings. The lowest BCUT2D eigenvalue weighted by Crippen LogP contribution is -2.08. The number of aryl methyl sites for hydroxylation is 1. The molecule has 7 heteroatoms. The molecule has 3 aromatic rings. The Hall–Kier alpha value is -3.35. The highest BCUT2D eigenvalue weighted by molar-refractivity contribution is 6.10. The molecule has 0 unspecified atom stereocenters. The maximum atomic E-state index is 12.2. The van der Waals surface area contributed by atoms with Crippen LogP contribution < -0.4 is 0 Å². The Bertz CT molecular complexity index is 1010. The molecule has 0 amide bonds. The van der Waals surface area contributed by atoms with Gasteiger partial charge >= 0.3 is 11.9 Å². The number of fused-ring (bicyclic) bond motifs is 1. The van der Waals surface area contributed by atoms with Crippen LogP contribution in [-0.2, 0) is 15.9 Å². The normalized spacial score (nSPS) is 10.8. The van der Waals surface area contributed by atoms with Crippen LogP contribution in [0.15, 0.2) is 34.7 Å². The number of aromatic hydroxyl groups is 1. The summed E-state index contributed by atoms with van der Waals surface area (Å²) >= 11 is 0. The SMILES string of the molecule is CCOC(=O)c1oc2c(Cc3ccccc3)nc(C)c(C(=O)OC)c2c1O. The van der Waals surface area contributed by atoms with Gasteiger partial charge in [-0.05, 0) is 19.4 Å². The highest BCUT2D eigenvalue weighted by atomic mass is 16.5. The molecule has 3 rings (SSSR count). The molecule has 0 saturated heterocycles. The fourth-order valence-electron chi connectivity index (χ4n) is 2.94. The Morgan fingerprint density at radius 3 is 2.52 bits per heavy atom. The maximum Gasteiger partial charge on any atom is 0.378 e. The first-order valence-electron chi connectivity index (χ1n) is 8.42. The van der Waals surface area contributed by atoms with Gasteiger partial charge in [-0.2, -0.15) is 0 Å². The van der Waals surface area contributed by atoms with Crippen LogP contribution in [0.2, 0.25) is 0 Å². The number of esters is 2. The molecule has 0 saturated carbocycles. The summed E-state index contributed by atoms with van der Waals surface area (Å²) in [4.78, 5) is 28.8. The average Bonchev–Trinajstić information content (AvgIpc) is 3.00. The fourth-order valence-corrected chi connectivity index (χ4v) is 2.94. The molecule has 0 spiro atoms. The molecule has 0 aliphatic heterocycles. The van der Waals surface area contributed by atoms with Crippen LogP contribution >= 0.6 is 0 Å². The number of pyridine rings is 1. The number of carbonyl (C=O) groups excluding carboxylic acids is 2. The van der Waals surface area contributed by atoms with Crippen molar-refractivity contribution in [3.63, 3.8) is 0 Å². The smallest absolute Gasteiger partial charge is 0.378 e. The summed E-state index contributed by atoms with van der Waals surface area (Å²) in [6.45, 7) is 3.40. The van der Waals surface area contributed by atoms with E-state index in [1.807, 2.05) is 30.3 Å². The van der Waals surface area contributed by atoms with E-state index in [0.29, 0.717) is 17.8 Å². The zero-order chi connectivity index (χ0) is 19.6. The molecule has 0 aliphatic carbocycles. The van der Waals surface area contributed by atoms with Gasteiger partial charge in [0.1, 0.15) is 0 Å². The molecule has 0 bridgehead atoms. The Kier molecular flexibility index (Phi) is 5.12. The zero-order valence-electron chi connectivity index (χ0n) is 15.2. The van der Waals surface area contributed by atoms with E-state index in [2.05, 4.69) is 4.98 Å². The van der Waals surface area contributed by atoms with Gasteiger partial charge in [0, 0.05) is 6.42 Å². The second-order valence-electron chi connectivity index (χ2n) is 5.88. The fraction of sp³-hybridized carbons (Fsp3) is 0.250. The van der Waals surface area contributed by atoms with Crippen LogP contribution in [-0.4, -0.2) is 35.7 Å². The predicted octanol–water partition coefficient (Wildman–Crippen LogP) is 3.40. The minimum absolute atomic E-state index is 0.0566. The molecule has 2 aromatic heterocycles. The summed E-state index contributed by atoms with van der Waals surface area (Å²) < 4.78 is 15.3. The van der Waals surface area contributed by atoms with Crippen molar-refractivity contribution in [2.75, 3.05) is 13.7 Å². The van der Waals surface area contributed by atoms with Crippen LogP contribution in [0.3, 0.4) is 0 Å². The lowest BCUT2D eigenvalue weighted by Gasteiger charge is -2.09. The van der Waals surface area contributed by atoms with Gasteiger partial charge in [0.05, 0.1) is 36.1 Å². The molecule has 7 nitrogen and oxygen atoms in total. The summed E-state index contributed by atoms with van der Waals surface area (Å²) in [5, 5.41) is 10.7. The van der Waals surface area contributed by atoms with Crippen molar-refractivity contribution in [2.24, 2.45) is 0 Å². The first-order chi connectivity index (χ1) is 13.0. The number of furan rings is 1. The highest BCUT2D eigenvalue weighted by Gasteiger charge is 2.29. The third-order valence-corrected chi connectivity index (χ3v) is 4.12. The summed E-state index contributed by atoms with van der Waals surface area (Å²) in [6.07, 6.45) is 0.398. The van der Waals surface area contributed by atoms with Crippen LogP contribution in [0.25, 0.3) is 11.0 Å². The zero-order valence-corrected chi connectivity index (χ0v) is 15.2. The molecule has 0 radical (unpaired) electrons. The van der Waals surface area contributed by atoms with Crippen LogP contribution in [0.4, 0.5) is 0 Å². The largest absolute Gasteiger partial charge is 0.504 e. The van der Waals surface area contributed by atoms with Crippen molar-refractivity contribution in [1.82, 2.24) is 4.98 Å². The molecule has 1 aromatic carbocycles. The quantitative estimate of drug-likeness (QED) is 0.688. The van der Waals surface area contributed by atoms with Crippen molar-refractivity contribution in [2.45, 2.75) is 20.3 Å². The minimum Gasteiger partial charge on any atom is -0.504 e. The molecule has 27 heavy (non-hydrogen) atoms. The molecule has 0 aliphatic rings. The van der Waals surface area contributed by atoms with Crippen molar-refractivity contribution in [3.05, 3.63) is 58.6 Å². The van der Waals surface area contributed by atoms with Gasteiger partial charge in [0.2, 0.25) is 0 Å². The number of aromatic nitrogens is 1. The van der Waals surface area contributed by atoms with E-state index >= 15 is 0 Å². The topological polar surface area (TPSA) is 98.9 Å². The van der Waals surface area contributed by atoms with E-state index in [1.54, 1.807) is 13.8 Å². The van der Waals surface area contributed by atoms with E-state index in [9.17, 15) is 14.7 Å². The van der Waals surface area contributed by atoms with Gasteiger partial charge in [-0.15, -0.1) is 0 Å². The minimum atomic E-state index is -0.815. The Morgan fingerprint density at radius 2 is 1.89 bits per heavy atom. The van der Waals surface area contributed by atoms with Crippen LogP contribution in [0, 0.1) is 6.92 Å².